The van der Waals surface area contributed by atoms with E-state index in [1.165, 1.54) is 18.5 Å². The summed E-state index contributed by atoms with van der Waals surface area (Å²) in [6.07, 6.45) is 5.57. The molecule has 2 nitrogen and oxygen atoms in total. The van der Waals surface area contributed by atoms with Crippen LogP contribution in [0.3, 0.4) is 0 Å². The summed E-state index contributed by atoms with van der Waals surface area (Å²) >= 11 is 3.41. The average Bonchev–Trinajstić information content (AvgIpc) is 2.18. The van der Waals surface area contributed by atoms with Crippen LogP contribution < -0.4 is 5.32 Å². The van der Waals surface area contributed by atoms with Crippen molar-refractivity contribution < 1.29 is 0 Å². The molecule has 1 aromatic heterocycles. The highest BCUT2D eigenvalue weighted by Gasteiger charge is 2.36. The predicted octanol–water partition coefficient (Wildman–Crippen LogP) is 2.78. The summed E-state index contributed by atoms with van der Waals surface area (Å²) in [5.74, 6) is 0. The third-order valence-electron chi connectivity index (χ3n) is 3.13. The third kappa shape index (κ3) is 2.58. The number of pyridine rings is 1. The molecule has 3 heteroatoms. The number of aromatic nitrogens is 1. The first-order chi connectivity index (χ1) is 7.24. The average molecular weight is 269 g/mol. The summed E-state index contributed by atoms with van der Waals surface area (Å²) < 4.78 is 1.06. The monoisotopic (exact) mass is 268 g/mol. The zero-order valence-corrected chi connectivity index (χ0v) is 10.7. The maximum absolute atomic E-state index is 4.45. The molecule has 0 amide bonds. The smallest absolute Gasteiger partial charge is 0.0413 e. The Morgan fingerprint density at radius 1 is 1.47 bits per heavy atom. The molecule has 1 fully saturated rings. The van der Waals surface area contributed by atoms with Gasteiger partial charge in [-0.15, -0.1) is 0 Å². The summed E-state index contributed by atoms with van der Waals surface area (Å²) in [5, 5.41) is 3.38. The number of rotatable bonds is 4. The summed E-state index contributed by atoms with van der Waals surface area (Å²) in [4.78, 5) is 4.45. The van der Waals surface area contributed by atoms with Crippen LogP contribution in [0.5, 0.6) is 0 Å². The van der Waals surface area contributed by atoms with Gasteiger partial charge >= 0.3 is 0 Å². The van der Waals surface area contributed by atoms with Gasteiger partial charge in [-0.1, -0.05) is 13.3 Å². The number of halogens is 1. The lowest BCUT2D eigenvalue weighted by Crippen LogP contribution is -2.54. The minimum atomic E-state index is 0.482. The van der Waals surface area contributed by atoms with Crippen molar-refractivity contribution in [3.63, 3.8) is 0 Å². The molecule has 82 valence electrons. The maximum atomic E-state index is 4.45. The van der Waals surface area contributed by atoms with Gasteiger partial charge < -0.3 is 5.32 Å². The largest absolute Gasteiger partial charge is 0.316 e. The number of hydrogen-bond donors (Lipinski definition) is 1. The van der Waals surface area contributed by atoms with E-state index in [0.29, 0.717) is 5.41 Å². The van der Waals surface area contributed by atoms with Crippen LogP contribution in [0.25, 0.3) is 0 Å². The molecule has 0 unspecified atom stereocenters. The minimum absolute atomic E-state index is 0.482. The van der Waals surface area contributed by atoms with Crippen molar-refractivity contribution in [2.24, 2.45) is 5.41 Å². The first-order valence-electron chi connectivity index (χ1n) is 5.55. The van der Waals surface area contributed by atoms with E-state index < -0.39 is 0 Å². The molecule has 1 saturated heterocycles. The van der Waals surface area contributed by atoms with E-state index in [-0.39, 0.29) is 0 Å². The summed E-state index contributed by atoms with van der Waals surface area (Å²) in [6.45, 7) is 4.56. The summed E-state index contributed by atoms with van der Waals surface area (Å²) in [7, 11) is 0. The molecular formula is C12H17BrN2. The molecule has 1 aliphatic heterocycles. The molecule has 0 bridgehead atoms. The third-order valence-corrected chi connectivity index (χ3v) is 3.59. The van der Waals surface area contributed by atoms with Crippen molar-refractivity contribution in [2.75, 3.05) is 13.1 Å². The lowest BCUT2D eigenvalue weighted by Gasteiger charge is -2.42. The maximum Gasteiger partial charge on any atom is 0.0413 e. The van der Waals surface area contributed by atoms with Gasteiger partial charge in [0.2, 0.25) is 0 Å². The zero-order valence-electron chi connectivity index (χ0n) is 9.09. The van der Waals surface area contributed by atoms with Gasteiger partial charge in [0.05, 0.1) is 0 Å². The van der Waals surface area contributed by atoms with Gasteiger partial charge in [0.25, 0.3) is 0 Å². The highest BCUT2D eigenvalue weighted by molar-refractivity contribution is 9.10. The predicted molar refractivity (Wildman–Crippen MR) is 65.9 cm³/mol. The Morgan fingerprint density at radius 3 is 2.73 bits per heavy atom. The standard InChI is InChI=1S/C12H17BrN2/c1-2-5-12(8-14-9-12)6-11-4-3-10(13)7-15-11/h3-4,7,14H,2,5-6,8-9H2,1H3. The quantitative estimate of drug-likeness (QED) is 0.909. The van der Waals surface area contributed by atoms with Crippen LogP contribution in [0.4, 0.5) is 0 Å². The molecule has 1 aromatic rings. The fourth-order valence-electron chi connectivity index (χ4n) is 2.29. The fourth-order valence-corrected chi connectivity index (χ4v) is 2.53. The van der Waals surface area contributed by atoms with Gasteiger partial charge in [-0.3, -0.25) is 4.98 Å². The molecular weight excluding hydrogens is 252 g/mol. The van der Waals surface area contributed by atoms with E-state index in [0.717, 1.165) is 24.0 Å². The van der Waals surface area contributed by atoms with E-state index >= 15 is 0 Å². The summed E-state index contributed by atoms with van der Waals surface area (Å²) in [6, 6.07) is 4.20. The molecule has 2 heterocycles. The Bertz CT molecular complexity index is 317. The van der Waals surface area contributed by atoms with Gasteiger partial charge in [-0.05, 0) is 40.9 Å². The van der Waals surface area contributed by atoms with Gasteiger partial charge in [-0.25, -0.2) is 0 Å². The van der Waals surface area contributed by atoms with Crippen LogP contribution in [0, 0.1) is 5.41 Å². The molecule has 15 heavy (non-hydrogen) atoms. The van der Waals surface area contributed by atoms with Crippen molar-refractivity contribution in [3.05, 3.63) is 28.5 Å². The van der Waals surface area contributed by atoms with Crippen LogP contribution in [0.15, 0.2) is 22.8 Å². The van der Waals surface area contributed by atoms with Gasteiger partial charge in [-0.2, -0.15) is 0 Å². The van der Waals surface area contributed by atoms with Crippen LogP contribution in [-0.2, 0) is 6.42 Å². The molecule has 1 aliphatic rings. The highest BCUT2D eigenvalue weighted by atomic mass is 79.9. The van der Waals surface area contributed by atoms with Crippen LogP contribution in [-0.4, -0.2) is 18.1 Å². The SMILES string of the molecule is CCCC1(Cc2ccc(Br)cn2)CNC1. The Hall–Kier alpha value is -0.410. The molecule has 0 saturated carbocycles. The normalized spacial score (nSPS) is 18.5. The molecule has 1 N–H and O–H groups in total. The lowest BCUT2D eigenvalue weighted by atomic mass is 9.74. The van der Waals surface area contributed by atoms with Crippen molar-refractivity contribution in [1.82, 2.24) is 10.3 Å². The van der Waals surface area contributed by atoms with E-state index in [2.05, 4.69) is 45.3 Å². The minimum Gasteiger partial charge on any atom is -0.316 e. The van der Waals surface area contributed by atoms with Gasteiger partial charge in [0.15, 0.2) is 0 Å². The first-order valence-corrected chi connectivity index (χ1v) is 6.35. The van der Waals surface area contributed by atoms with Crippen LogP contribution >= 0.6 is 15.9 Å². The fraction of sp³-hybridized carbons (Fsp3) is 0.583. The first kappa shape index (κ1) is 11.1. The Kier molecular flexibility index (Phi) is 3.42. The second kappa shape index (κ2) is 4.62. The van der Waals surface area contributed by atoms with E-state index in [1.807, 2.05) is 6.20 Å². The number of hydrogen-bond acceptors (Lipinski definition) is 2. The Morgan fingerprint density at radius 2 is 2.27 bits per heavy atom. The topological polar surface area (TPSA) is 24.9 Å². The van der Waals surface area contributed by atoms with E-state index in [9.17, 15) is 0 Å². The van der Waals surface area contributed by atoms with Gasteiger partial charge in [0.1, 0.15) is 0 Å². The van der Waals surface area contributed by atoms with Crippen molar-refractivity contribution in [2.45, 2.75) is 26.2 Å². The molecule has 0 radical (unpaired) electrons. The second-order valence-electron chi connectivity index (χ2n) is 4.50. The van der Waals surface area contributed by atoms with Crippen molar-refractivity contribution >= 4 is 15.9 Å². The Labute approximate surface area is 99.6 Å². The lowest BCUT2D eigenvalue weighted by molar-refractivity contribution is 0.149. The number of nitrogens with one attached hydrogen (secondary N) is 1. The van der Waals surface area contributed by atoms with Crippen molar-refractivity contribution in [1.29, 1.82) is 0 Å². The molecule has 0 aromatic carbocycles. The van der Waals surface area contributed by atoms with Crippen LogP contribution in [0.2, 0.25) is 0 Å². The molecule has 2 rings (SSSR count). The van der Waals surface area contributed by atoms with Crippen LogP contribution in [0.1, 0.15) is 25.5 Å². The highest BCUT2D eigenvalue weighted by Crippen LogP contribution is 2.32. The molecule has 0 spiro atoms. The molecule has 0 atom stereocenters. The molecule has 0 aliphatic carbocycles. The number of nitrogens with zero attached hydrogens (tertiary/aromatic N) is 1. The second-order valence-corrected chi connectivity index (χ2v) is 5.41. The zero-order chi connectivity index (χ0) is 10.7. The van der Waals surface area contributed by atoms with E-state index in [1.54, 1.807) is 0 Å². The van der Waals surface area contributed by atoms with E-state index in [4.69, 9.17) is 0 Å². The van der Waals surface area contributed by atoms with Crippen molar-refractivity contribution in [3.8, 4) is 0 Å². The Balaban J connectivity index is 2.03. The van der Waals surface area contributed by atoms with Gasteiger partial charge in [0, 0.05) is 34.9 Å². The summed E-state index contributed by atoms with van der Waals surface area (Å²) in [5.41, 5.74) is 1.70.